The normalized spacial score (nSPS) is 28.9. The van der Waals surface area contributed by atoms with Crippen LogP contribution in [0.1, 0.15) is 58.8 Å². The Kier molecular flexibility index (Phi) is 3.17. The zero-order valence-electron chi connectivity index (χ0n) is 9.96. The fraction of sp³-hybridized carbons (Fsp3) is 0.917. The second kappa shape index (κ2) is 4.42. The van der Waals surface area contributed by atoms with E-state index in [-0.39, 0.29) is 5.72 Å². The summed E-state index contributed by atoms with van der Waals surface area (Å²) >= 11 is 0. The first-order chi connectivity index (χ1) is 7.26. The van der Waals surface area contributed by atoms with Crippen molar-refractivity contribution in [3.8, 4) is 0 Å². The van der Waals surface area contributed by atoms with E-state index in [1.807, 2.05) is 0 Å². The number of amidine groups is 1. The Balaban J connectivity index is 1.79. The SMILES string of the molecule is CCCCCCC1=NOC2(C)CCCN12. The second-order valence-corrected chi connectivity index (χ2v) is 4.84. The van der Waals surface area contributed by atoms with Crippen molar-refractivity contribution >= 4 is 5.84 Å². The van der Waals surface area contributed by atoms with E-state index >= 15 is 0 Å². The average Bonchev–Trinajstić information content (AvgIpc) is 2.71. The van der Waals surface area contributed by atoms with E-state index in [2.05, 4.69) is 23.9 Å². The van der Waals surface area contributed by atoms with Crippen molar-refractivity contribution in [3.05, 3.63) is 0 Å². The Hall–Kier alpha value is -0.730. The van der Waals surface area contributed by atoms with Gasteiger partial charge in [-0.3, -0.25) is 0 Å². The van der Waals surface area contributed by atoms with E-state index in [9.17, 15) is 0 Å². The number of fused-ring (bicyclic) bond motifs is 1. The van der Waals surface area contributed by atoms with Crippen molar-refractivity contribution in [2.75, 3.05) is 6.54 Å². The lowest BCUT2D eigenvalue weighted by Crippen LogP contribution is -2.40. The first-order valence-electron chi connectivity index (χ1n) is 6.29. The van der Waals surface area contributed by atoms with Crippen LogP contribution in [-0.2, 0) is 4.84 Å². The third-order valence-corrected chi connectivity index (χ3v) is 3.51. The summed E-state index contributed by atoms with van der Waals surface area (Å²) < 4.78 is 0. The molecule has 1 fully saturated rings. The summed E-state index contributed by atoms with van der Waals surface area (Å²) in [7, 11) is 0. The number of hydrogen-bond donors (Lipinski definition) is 0. The van der Waals surface area contributed by atoms with Gasteiger partial charge in [0.25, 0.3) is 0 Å². The quantitative estimate of drug-likeness (QED) is 0.651. The predicted octanol–water partition coefficient (Wildman–Crippen LogP) is 3.11. The molecule has 0 aromatic carbocycles. The van der Waals surface area contributed by atoms with E-state index in [4.69, 9.17) is 4.84 Å². The summed E-state index contributed by atoms with van der Waals surface area (Å²) in [6, 6.07) is 0. The summed E-state index contributed by atoms with van der Waals surface area (Å²) in [6.45, 7) is 5.53. The van der Waals surface area contributed by atoms with E-state index in [1.165, 1.54) is 37.9 Å². The minimum atomic E-state index is -0.0971. The molecular formula is C12H22N2O. The Morgan fingerprint density at radius 1 is 1.40 bits per heavy atom. The molecule has 3 nitrogen and oxygen atoms in total. The lowest BCUT2D eigenvalue weighted by atomic mass is 10.1. The highest BCUT2D eigenvalue weighted by molar-refractivity contribution is 5.83. The molecule has 1 atom stereocenters. The molecule has 0 aromatic rings. The average molecular weight is 210 g/mol. The molecule has 0 N–H and O–H groups in total. The maximum atomic E-state index is 5.55. The fourth-order valence-corrected chi connectivity index (χ4v) is 2.52. The van der Waals surface area contributed by atoms with Crippen LogP contribution in [0.2, 0.25) is 0 Å². The van der Waals surface area contributed by atoms with Crippen molar-refractivity contribution in [2.45, 2.75) is 64.5 Å². The van der Waals surface area contributed by atoms with Crippen LogP contribution < -0.4 is 0 Å². The highest BCUT2D eigenvalue weighted by Crippen LogP contribution is 2.35. The molecule has 2 rings (SSSR count). The van der Waals surface area contributed by atoms with Gasteiger partial charge in [0.15, 0.2) is 0 Å². The maximum absolute atomic E-state index is 5.55. The number of hydrogen-bond acceptors (Lipinski definition) is 3. The fourth-order valence-electron chi connectivity index (χ4n) is 2.52. The van der Waals surface area contributed by atoms with Crippen LogP contribution in [0.4, 0.5) is 0 Å². The molecular weight excluding hydrogens is 188 g/mol. The maximum Gasteiger partial charge on any atom is 0.208 e. The molecule has 2 heterocycles. The van der Waals surface area contributed by atoms with Gasteiger partial charge in [0.1, 0.15) is 5.84 Å². The molecule has 0 saturated carbocycles. The third kappa shape index (κ3) is 2.11. The van der Waals surface area contributed by atoms with E-state index in [1.54, 1.807) is 0 Å². The first-order valence-corrected chi connectivity index (χ1v) is 6.29. The van der Waals surface area contributed by atoms with Gasteiger partial charge in [-0.1, -0.05) is 31.3 Å². The smallest absolute Gasteiger partial charge is 0.208 e. The van der Waals surface area contributed by atoms with Crippen LogP contribution in [0.15, 0.2) is 5.16 Å². The number of unbranched alkanes of at least 4 members (excludes halogenated alkanes) is 3. The van der Waals surface area contributed by atoms with Gasteiger partial charge >= 0.3 is 0 Å². The molecule has 86 valence electrons. The largest absolute Gasteiger partial charge is 0.366 e. The minimum Gasteiger partial charge on any atom is -0.366 e. The van der Waals surface area contributed by atoms with Gasteiger partial charge in [-0.05, 0) is 19.8 Å². The third-order valence-electron chi connectivity index (χ3n) is 3.51. The highest BCUT2D eigenvalue weighted by atomic mass is 16.7. The lowest BCUT2D eigenvalue weighted by molar-refractivity contribution is -0.0626. The van der Waals surface area contributed by atoms with Gasteiger partial charge in [-0.2, -0.15) is 0 Å². The standard InChI is InChI=1S/C12H22N2O/c1-3-4-5-6-8-11-13-15-12(2)9-7-10-14(11)12/h3-10H2,1-2H3. The Morgan fingerprint density at radius 3 is 3.07 bits per heavy atom. The van der Waals surface area contributed by atoms with Crippen molar-refractivity contribution in [2.24, 2.45) is 5.16 Å². The summed E-state index contributed by atoms with van der Waals surface area (Å²) in [6.07, 6.45) is 8.66. The zero-order valence-corrected chi connectivity index (χ0v) is 9.96. The molecule has 0 radical (unpaired) electrons. The molecule has 0 amide bonds. The van der Waals surface area contributed by atoms with E-state index in [0.717, 1.165) is 19.4 Å². The Morgan fingerprint density at radius 2 is 2.27 bits per heavy atom. The summed E-state index contributed by atoms with van der Waals surface area (Å²) in [4.78, 5) is 7.91. The molecule has 0 spiro atoms. The molecule has 0 aliphatic carbocycles. The van der Waals surface area contributed by atoms with E-state index < -0.39 is 0 Å². The molecule has 2 aliphatic rings. The van der Waals surface area contributed by atoms with Crippen LogP contribution in [0.25, 0.3) is 0 Å². The number of rotatable bonds is 5. The predicted molar refractivity (Wildman–Crippen MR) is 61.6 cm³/mol. The zero-order chi connectivity index (χ0) is 10.7. The molecule has 0 aromatic heterocycles. The molecule has 0 bridgehead atoms. The van der Waals surface area contributed by atoms with Gasteiger partial charge in [-0.15, -0.1) is 0 Å². The van der Waals surface area contributed by atoms with Crippen LogP contribution >= 0.6 is 0 Å². The topological polar surface area (TPSA) is 24.8 Å². The van der Waals surface area contributed by atoms with Crippen molar-refractivity contribution in [1.29, 1.82) is 0 Å². The first kappa shape index (κ1) is 10.8. The van der Waals surface area contributed by atoms with Gasteiger partial charge in [-0.25, -0.2) is 0 Å². The van der Waals surface area contributed by atoms with Gasteiger partial charge in [0.2, 0.25) is 5.72 Å². The summed E-state index contributed by atoms with van der Waals surface area (Å²) in [5.74, 6) is 1.19. The molecule has 2 aliphatic heterocycles. The van der Waals surface area contributed by atoms with Gasteiger partial charge in [0.05, 0.1) is 0 Å². The molecule has 15 heavy (non-hydrogen) atoms. The van der Waals surface area contributed by atoms with Gasteiger partial charge in [0, 0.05) is 19.4 Å². The summed E-state index contributed by atoms with van der Waals surface area (Å²) in [5, 5.41) is 4.23. The molecule has 1 unspecified atom stereocenters. The number of oxime groups is 1. The van der Waals surface area contributed by atoms with Crippen LogP contribution in [0.5, 0.6) is 0 Å². The van der Waals surface area contributed by atoms with Crippen LogP contribution in [0, 0.1) is 0 Å². The molecule has 3 heteroatoms. The van der Waals surface area contributed by atoms with Crippen molar-refractivity contribution in [3.63, 3.8) is 0 Å². The van der Waals surface area contributed by atoms with Crippen molar-refractivity contribution in [1.82, 2.24) is 4.90 Å². The Bertz CT molecular complexity index is 252. The summed E-state index contributed by atoms with van der Waals surface area (Å²) in [5.41, 5.74) is -0.0971. The van der Waals surface area contributed by atoms with Crippen molar-refractivity contribution < 1.29 is 4.84 Å². The van der Waals surface area contributed by atoms with Gasteiger partial charge < -0.3 is 9.74 Å². The van der Waals surface area contributed by atoms with E-state index in [0.29, 0.717) is 0 Å². The van der Waals surface area contributed by atoms with Crippen LogP contribution in [0.3, 0.4) is 0 Å². The minimum absolute atomic E-state index is 0.0971. The highest BCUT2D eigenvalue weighted by Gasteiger charge is 2.44. The number of nitrogens with zero attached hydrogens (tertiary/aromatic N) is 2. The Labute approximate surface area is 92.5 Å². The molecule has 1 saturated heterocycles. The van der Waals surface area contributed by atoms with Crippen LogP contribution in [-0.4, -0.2) is 23.0 Å². The second-order valence-electron chi connectivity index (χ2n) is 4.84. The monoisotopic (exact) mass is 210 g/mol. The lowest BCUT2D eigenvalue weighted by Gasteiger charge is -2.26.